The fourth-order valence-corrected chi connectivity index (χ4v) is 0.627. The van der Waals surface area contributed by atoms with Gasteiger partial charge in [-0.2, -0.15) is 13.2 Å². The topological polar surface area (TPSA) is 38.9 Å². The first-order chi connectivity index (χ1) is 5.41. The van der Waals surface area contributed by atoms with Crippen LogP contribution in [0.5, 0.6) is 0 Å². The molecule has 0 aliphatic carbocycles. The molecule has 1 aromatic rings. The van der Waals surface area contributed by atoms with Crippen molar-refractivity contribution in [3.05, 3.63) is 11.8 Å². The fraction of sp³-hybridized carbons (Fsp3) is 0.667. The fourth-order valence-electron chi connectivity index (χ4n) is 0.627. The molecular formula is C6H7F3N2O. The summed E-state index contributed by atoms with van der Waals surface area (Å²) in [5.41, 5.74) is 0. The Kier molecular flexibility index (Phi) is 2.08. The van der Waals surface area contributed by atoms with E-state index in [4.69, 9.17) is 0 Å². The van der Waals surface area contributed by atoms with Crippen LogP contribution in [0, 0.1) is 6.92 Å². The van der Waals surface area contributed by atoms with Gasteiger partial charge in [0, 0.05) is 6.92 Å². The van der Waals surface area contributed by atoms with Crippen LogP contribution in [-0.4, -0.2) is 16.4 Å². The van der Waals surface area contributed by atoms with Crippen molar-refractivity contribution in [3.63, 3.8) is 0 Å². The molecule has 0 spiro atoms. The second-order valence-electron chi connectivity index (χ2n) is 2.42. The average molecular weight is 180 g/mol. The molecule has 1 unspecified atom stereocenters. The van der Waals surface area contributed by atoms with Crippen LogP contribution in [0.3, 0.4) is 0 Å². The van der Waals surface area contributed by atoms with Gasteiger partial charge < -0.3 is 4.42 Å². The summed E-state index contributed by atoms with van der Waals surface area (Å²) in [6, 6.07) is 0. The van der Waals surface area contributed by atoms with E-state index in [9.17, 15) is 13.2 Å². The van der Waals surface area contributed by atoms with Gasteiger partial charge in [-0.3, -0.25) is 0 Å². The van der Waals surface area contributed by atoms with Crippen LogP contribution in [-0.2, 0) is 0 Å². The van der Waals surface area contributed by atoms with Crippen molar-refractivity contribution in [1.82, 2.24) is 10.2 Å². The maximum atomic E-state index is 12.0. The minimum absolute atomic E-state index is 0.140. The highest BCUT2D eigenvalue weighted by molar-refractivity contribution is 4.92. The van der Waals surface area contributed by atoms with Crippen LogP contribution in [0.4, 0.5) is 13.2 Å². The van der Waals surface area contributed by atoms with Crippen LogP contribution in [0.15, 0.2) is 4.42 Å². The molecule has 0 saturated carbocycles. The quantitative estimate of drug-likeness (QED) is 0.663. The summed E-state index contributed by atoms with van der Waals surface area (Å²) >= 11 is 0. The maximum absolute atomic E-state index is 12.0. The molecule has 6 heteroatoms. The van der Waals surface area contributed by atoms with Gasteiger partial charge in [-0.05, 0) is 6.92 Å². The Balaban J connectivity index is 2.85. The molecule has 1 heterocycles. The van der Waals surface area contributed by atoms with Gasteiger partial charge in [-0.25, -0.2) is 0 Å². The van der Waals surface area contributed by atoms with E-state index >= 15 is 0 Å². The van der Waals surface area contributed by atoms with Gasteiger partial charge in [0.25, 0.3) is 0 Å². The van der Waals surface area contributed by atoms with Crippen molar-refractivity contribution in [2.45, 2.75) is 25.9 Å². The Morgan fingerprint density at radius 1 is 1.33 bits per heavy atom. The van der Waals surface area contributed by atoms with Gasteiger partial charge in [0.05, 0.1) is 0 Å². The third kappa shape index (κ3) is 1.75. The van der Waals surface area contributed by atoms with Gasteiger partial charge in [0.2, 0.25) is 11.8 Å². The molecule has 3 nitrogen and oxygen atoms in total. The minimum atomic E-state index is -4.32. The van der Waals surface area contributed by atoms with Gasteiger partial charge in [-0.15, -0.1) is 10.2 Å². The summed E-state index contributed by atoms with van der Waals surface area (Å²) in [6.45, 7) is 2.42. The molecule has 68 valence electrons. The molecule has 0 N–H and O–H groups in total. The molecule has 0 amide bonds. The van der Waals surface area contributed by atoms with Crippen molar-refractivity contribution >= 4 is 0 Å². The predicted molar refractivity (Wildman–Crippen MR) is 33.5 cm³/mol. The zero-order valence-electron chi connectivity index (χ0n) is 6.51. The lowest BCUT2D eigenvalue weighted by atomic mass is 10.2. The van der Waals surface area contributed by atoms with Gasteiger partial charge in [-0.1, -0.05) is 0 Å². The summed E-state index contributed by atoms with van der Waals surface area (Å²) in [6.07, 6.45) is -4.32. The van der Waals surface area contributed by atoms with Gasteiger partial charge in [0.1, 0.15) is 5.92 Å². The van der Waals surface area contributed by atoms with E-state index in [1.54, 1.807) is 0 Å². The Bertz CT molecular complexity index is 268. The zero-order valence-corrected chi connectivity index (χ0v) is 6.51. The monoisotopic (exact) mass is 180 g/mol. The van der Waals surface area contributed by atoms with Crippen molar-refractivity contribution in [2.24, 2.45) is 0 Å². The van der Waals surface area contributed by atoms with Crippen LogP contribution < -0.4 is 0 Å². The predicted octanol–water partition coefficient (Wildman–Crippen LogP) is 2.04. The Morgan fingerprint density at radius 3 is 2.25 bits per heavy atom. The summed E-state index contributed by atoms with van der Waals surface area (Å²) in [7, 11) is 0. The number of hydrogen-bond donors (Lipinski definition) is 0. The lowest BCUT2D eigenvalue weighted by Gasteiger charge is -2.10. The number of hydrogen-bond acceptors (Lipinski definition) is 3. The second-order valence-corrected chi connectivity index (χ2v) is 2.42. The van der Waals surface area contributed by atoms with E-state index < -0.39 is 12.1 Å². The molecule has 0 fully saturated rings. The first-order valence-corrected chi connectivity index (χ1v) is 3.28. The first-order valence-electron chi connectivity index (χ1n) is 3.28. The van der Waals surface area contributed by atoms with E-state index in [0.717, 1.165) is 6.92 Å². The smallest absolute Gasteiger partial charge is 0.400 e. The largest absolute Gasteiger partial charge is 0.425 e. The number of halogens is 3. The molecule has 12 heavy (non-hydrogen) atoms. The zero-order chi connectivity index (χ0) is 9.35. The summed E-state index contributed by atoms with van der Waals surface area (Å²) in [5, 5.41) is 6.58. The average Bonchev–Trinajstić information content (AvgIpc) is 2.32. The molecule has 1 aromatic heterocycles. The molecule has 0 saturated heterocycles. The molecule has 1 atom stereocenters. The Morgan fingerprint density at radius 2 is 1.92 bits per heavy atom. The number of aryl methyl sites for hydroxylation is 1. The number of rotatable bonds is 1. The highest BCUT2D eigenvalue weighted by Gasteiger charge is 2.40. The molecule has 1 rings (SSSR count). The first kappa shape index (κ1) is 9.02. The summed E-state index contributed by atoms with van der Waals surface area (Å²) in [4.78, 5) is 0. The molecule has 0 aliphatic heterocycles. The summed E-state index contributed by atoms with van der Waals surface area (Å²) < 4.78 is 40.7. The van der Waals surface area contributed by atoms with Crippen molar-refractivity contribution in [3.8, 4) is 0 Å². The van der Waals surface area contributed by atoms with E-state index in [-0.39, 0.29) is 11.8 Å². The SMILES string of the molecule is Cc1nnc(C(C)C(F)(F)F)o1. The molecular weight excluding hydrogens is 173 g/mol. The van der Waals surface area contributed by atoms with E-state index in [0.29, 0.717) is 0 Å². The lowest BCUT2D eigenvalue weighted by molar-refractivity contribution is -0.150. The number of aromatic nitrogens is 2. The van der Waals surface area contributed by atoms with Crippen molar-refractivity contribution in [2.75, 3.05) is 0 Å². The Labute approximate surface area is 66.6 Å². The summed E-state index contributed by atoms with van der Waals surface area (Å²) in [5.74, 6) is -1.94. The third-order valence-electron chi connectivity index (χ3n) is 1.40. The van der Waals surface area contributed by atoms with E-state index in [1.165, 1.54) is 6.92 Å². The van der Waals surface area contributed by atoms with Crippen LogP contribution >= 0.6 is 0 Å². The third-order valence-corrected chi connectivity index (χ3v) is 1.40. The molecule has 0 aliphatic rings. The highest BCUT2D eigenvalue weighted by Crippen LogP contribution is 2.33. The normalized spacial score (nSPS) is 14.8. The Hall–Kier alpha value is -1.07. The van der Waals surface area contributed by atoms with Gasteiger partial charge >= 0.3 is 6.18 Å². The highest BCUT2D eigenvalue weighted by atomic mass is 19.4. The van der Waals surface area contributed by atoms with Crippen LogP contribution in [0.25, 0.3) is 0 Å². The van der Waals surface area contributed by atoms with E-state index in [2.05, 4.69) is 14.6 Å². The maximum Gasteiger partial charge on any atom is 0.400 e. The molecule has 0 aromatic carbocycles. The number of alkyl halides is 3. The molecule has 0 bridgehead atoms. The minimum Gasteiger partial charge on any atom is -0.425 e. The standard InChI is InChI=1S/C6H7F3N2O/c1-3(6(7,8)9)5-11-10-4(2)12-5/h3H,1-2H3. The van der Waals surface area contributed by atoms with E-state index in [1.807, 2.05) is 0 Å². The van der Waals surface area contributed by atoms with Crippen molar-refractivity contribution < 1.29 is 17.6 Å². The molecule has 0 radical (unpaired) electrons. The van der Waals surface area contributed by atoms with Gasteiger partial charge in [0.15, 0.2) is 0 Å². The number of nitrogens with zero attached hydrogens (tertiary/aromatic N) is 2. The van der Waals surface area contributed by atoms with Crippen molar-refractivity contribution in [1.29, 1.82) is 0 Å². The second kappa shape index (κ2) is 2.76. The van der Waals surface area contributed by atoms with Crippen LogP contribution in [0.2, 0.25) is 0 Å². The lowest BCUT2D eigenvalue weighted by Crippen LogP contribution is -2.17. The van der Waals surface area contributed by atoms with Crippen LogP contribution in [0.1, 0.15) is 24.6 Å².